The average Bonchev–Trinajstić information content (AvgIpc) is 2.47. The number of nitrogens with zero attached hydrogens (tertiary/aromatic N) is 1. The number of fused-ring (bicyclic) bond motifs is 2. The Labute approximate surface area is 134 Å². The van der Waals surface area contributed by atoms with E-state index in [0.29, 0.717) is 29.7 Å². The van der Waals surface area contributed by atoms with Gasteiger partial charge < -0.3 is 0 Å². The maximum atomic E-state index is 12.5. The molecule has 0 spiro atoms. The van der Waals surface area contributed by atoms with Crippen LogP contribution in [0.3, 0.4) is 0 Å². The van der Waals surface area contributed by atoms with Crippen LogP contribution in [-0.2, 0) is 11.3 Å². The van der Waals surface area contributed by atoms with Crippen molar-refractivity contribution < 1.29 is 4.79 Å². The second-order valence-electron chi connectivity index (χ2n) is 7.63. The summed E-state index contributed by atoms with van der Waals surface area (Å²) in [5.41, 5.74) is 1.41. The highest BCUT2D eigenvalue weighted by Crippen LogP contribution is 2.38. The van der Waals surface area contributed by atoms with Gasteiger partial charge >= 0.3 is 0 Å². The van der Waals surface area contributed by atoms with Crippen molar-refractivity contribution in [2.75, 3.05) is 0 Å². The quantitative estimate of drug-likeness (QED) is 0.801. The molecule has 2 atom stereocenters. The fraction of sp³-hybridized carbons (Fsp3) is 0.650. The molecular formula is C20H29NO. The summed E-state index contributed by atoms with van der Waals surface area (Å²) in [6.45, 7) is 5.37. The average molecular weight is 299 g/mol. The van der Waals surface area contributed by atoms with Gasteiger partial charge in [0.2, 0.25) is 0 Å². The minimum Gasteiger partial charge on any atom is -0.299 e. The number of piperidine rings is 2. The van der Waals surface area contributed by atoms with Crippen molar-refractivity contribution >= 4 is 5.78 Å². The van der Waals surface area contributed by atoms with E-state index in [9.17, 15) is 4.79 Å². The van der Waals surface area contributed by atoms with Gasteiger partial charge in [-0.2, -0.15) is 0 Å². The molecule has 2 unspecified atom stereocenters. The molecule has 2 aliphatic rings. The zero-order valence-electron chi connectivity index (χ0n) is 14.0. The monoisotopic (exact) mass is 299 g/mol. The number of Topliss-reactive ketones (excluding diaryl/α,β-unsaturated/α-hetero) is 1. The Bertz CT molecular complexity index is 482. The van der Waals surface area contributed by atoms with Gasteiger partial charge in [-0.05, 0) is 37.2 Å². The Morgan fingerprint density at radius 1 is 1.14 bits per heavy atom. The zero-order valence-corrected chi connectivity index (χ0v) is 14.0. The zero-order chi connectivity index (χ0) is 15.5. The first-order valence-electron chi connectivity index (χ1n) is 8.96. The molecule has 1 aromatic rings. The van der Waals surface area contributed by atoms with Crippen molar-refractivity contribution in [3.8, 4) is 0 Å². The van der Waals surface area contributed by atoms with Crippen molar-refractivity contribution in [2.24, 2.45) is 11.8 Å². The number of rotatable bonds is 5. The van der Waals surface area contributed by atoms with Crippen molar-refractivity contribution in [3.63, 3.8) is 0 Å². The summed E-state index contributed by atoms with van der Waals surface area (Å²) in [7, 11) is 0. The molecule has 22 heavy (non-hydrogen) atoms. The van der Waals surface area contributed by atoms with Gasteiger partial charge in [-0.25, -0.2) is 0 Å². The molecule has 2 heterocycles. The van der Waals surface area contributed by atoms with Crippen molar-refractivity contribution in [3.05, 3.63) is 35.9 Å². The van der Waals surface area contributed by atoms with Gasteiger partial charge in [-0.1, -0.05) is 50.6 Å². The lowest BCUT2D eigenvalue weighted by Crippen LogP contribution is -2.52. The highest BCUT2D eigenvalue weighted by atomic mass is 16.1. The van der Waals surface area contributed by atoms with Gasteiger partial charge in [0.05, 0.1) is 0 Å². The third-order valence-electron chi connectivity index (χ3n) is 5.40. The van der Waals surface area contributed by atoms with E-state index in [4.69, 9.17) is 0 Å². The lowest BCUT2D eigenvalue weighted by molar-refractivity contribution is -0.128. The van der Waals surface area contributed by atoms with Gasteiger partial charge in [0.15, 0.2) is 0 Å². The summed E-state index contributed by atoms with van der Waals surface area (Å²) < 4.78 is 0. The van der Waals surface area contributed by atoms with E-state index in [-0.39, 0.29) is 0 Å². The second kappa shape index (κ2) is 6.95. The molecule has 3 rings (SSSR count). The number of ketones is 1. The minimum absolute atomic E-state index is 0.324. The smallest absolute Gasteiger partial charge is 0.136 e. The molecule has 0 saturated carbocycles. The van der Waals surface area contributed by atoms with Crippen LogP contribution in [0.25, 0.3) is 0 Å². The van der Waals surface area contributed by atoms with E-state index in [0.717, 1.165) is 25.8 Å². The molecule has 1 aromatic carbocycles. The predicted octanol–water partition coefficient (Wildman–Crippen LogP) is 4.43. The normalized spacial score (nSPS) is 28.8. The van der Waals surface area contributed by atoms with E-state index in [1.807, 2.05) is 0 Å². The van der Waals surface area contributed by atoms with Crippen molar-refractivity contribution in [1.82, 2.24) is 4.90 Å². The molecule has 0 amide bonds. The molecule has 120 valence electrons. The molecule has 2 nitrogen and oxygen atoms in total. The second-order valence-corrected chi connectivity index (χ2v) is 7.63. The Hall–Kier alpha value is -1.15. The Morgan fingerprint density at radius 2 is 1.77 bits per heavy atom. The third-order valence-corrected chi connectivity index (χ3v) is 5.40. The van der Waals surface area contributed by atoms with Crippen LogP contribution in [0.1, 0.15) is 57.9 Å². The predicted molar refractivity (Wildman–Crippen MR) is 90.6 cm³/mol. The first kappa shape index (κ1) is 15.7. The Morgan fingerprint density at radius 3 is 2.36 bits per heavy atom. The van der Waals surface area contributed by atoms with Crippen LogP contribution in [0.5, 0.6) is 0 Å². The standard InChI is InChI=1S/C20H29NO/c1-15(2)11-20(22)17-12-18-9-6-10-19(13-17)21(18)14-16-7-4-3-5-8-16/h3-5,7-8,15,17-19H,6,9-14H2,1-2H3. The molecule has 2 saturated heterocycles. The number of hydrogen-bond acceptors (Lipinski definition) is 2. The number of carbonyl (C=O) groups is 1. The van der Waals surface area contributed by atoms with Crippen LogP contribution in [0.15, 0.2) is 30.3 Å². The Balaban J connectivity index is 1.67. The van der Waals surface area contributed by atoms with Crippen LogP contribution in [0, 0.1) is 11.8 Å². The number of hydrogen-bond donors (Lipinski definition) is 0. The fourth-order valence-electron chi connectivity index (χ4n) is 4.36. The van der Waals surface area contributed by atoms with Gasteiger partial charge in [0.25, 0.3) is 0 Å². The summed E-state index contributed by atoms with van der Waals surface area (Å²) in [6.07, 6.45) is 6.84. The number of benzene rings is 1. The van der Waals surface area contributed by atoms with Crippen LogP contribution in [0.2, 0.25) is 0 Å². The SMILES string of the molecule is CC(C)CC(=O)C1CC2CCCC(C1)N2Cc1ccccc1. The highest BCUT2D eigenvalue weighted by Gasteiger charge is 2.40. The first-order valence-corrected chi connectivity index (χ1v) is 8.96. The lowest BCUT2D eigenvalue weighted by atomic mass is 9.75. The molecule has 0 radical (unpaired) electrons. The molecule has 2 fully saturated rings. The maximum Gasteiger partial charge on any atom is 0.136 e. The summed E-state index contributed by atoms with van der Waals surface area (Å²) >= 11 is 0. The van der Waals surface area contributed by atoms with Crippen molar-refractivity contribution in [2.45, 2.75) is 71.0 Å². The highest BCUT2D eigenvalue weighted by molar-refractivity contribution is 5.81. The van der Waals surface area contributed by atoms with E-state index in [1.54, 1.807) is 0 Å². The topological polar surface area (TPSA) is 20.3 Å². The van der Waals surface area contributed by atoms with E-state index in [2.05, 4.69) is 49.1 Å². The maximum absolute atomic E-state index is 12.5. The molecule has 2 bridgehead atoms. The largest absolute Gasteiger partial charge is 0.299 e. The van der Waals surface area contributed by atoms with Crippen molar-refractivity contribution in [1.29, 1.82) is 0 Å². The van der Waals surface area contributed by atoms with Crippen LogP contribution < -0.4 is 0 Å². The molecule has 0 N–H and O–H groups in total. The third kappa shape index (κ3) is 3.60. The van der Waals surface area contributed by atoms with E-state index < -0.39 is 0 Å². The van der Waals surface area contributed by atoms with Crippen LogP contribution >= 0.6 is 0 Å². The molecule has 0 aromatic heterocycles. The fourth-order valence-corrected chi connectivity index (χ4v) is 4.36. The van der Waals surface area contributed by atoms with E-state index in [1.165, 1.54) is 24.8 Å². The van der Waals surface area contributed by atoms with E-state index >= 15 is 0 Å². The summed E-state index contributed by atoms with van der Waals surface area (Å²) in [6, 6.07) is 12.0. The molecule has 2 aliphatic heterocycles. The molecular weight excluding hydrogens is 270 g/mol. The minimum atomic E-state index is 0.324. The summed E-state index contributed by atoms with van der Waals surface area (Å²) in [5.74, 6) is 1.34. The van der Waals surface area contributed by atoms with Gasteiger partial charge in [0.1, 0.15) is 5.78 Å². The van der Waals surface area contributed by atoms with Gasteiger partial charge in [-0.15, -0.1) is 0 Å². The van der Waals surface area contributed by atoms with Gasteiger partial charge in [-0.3, -0.25) is 9.69 Å². The van der Waals surface area contributed by atoms with Crippen LogP contribution in [-0.4, -0.2) is 22.8 Å². The Kier molecular flexibility index (Phi) is 4.97. The first-order chi connectivity index (χ1) is 10.6. The molecule has 0 aliphatic carbocycles. The lowest BCUT2D eigenvalue weighted by Gasteiger charge is -2.48. The molecule has 2 heteroatoms. The summed E-state index contributed by atoms with van der Waals surface area (Å²) in [5, 5.41) is 0. The summed E-state index contributed by atoms with van der Waals surface area (Å²) in [4.78, 5) is 15.2. The van der Waals surface area contributed by atoms with Crippen LogP contribution in [0.4, 0.5) is 0 Å². The number of carbonyl (C=O) groups excluding carboxylic acids is 1. The van der Waals surface area contributed by atoms with Gasteiger partial charge in [0, 0.05) is 31.0 Å².